The van der Waals surface area contributed by atoms with Gasteiger partial charge < -0.3 is 11.1 Å². The van der Waals surface area contributed by atoms with E-state index >= 15 is 0 Å². The van der Waals surface area contributed by atoms with E-state index in [0.717, 1.165) is 11.3 Å². The van der Waals surface area contributed by atoms with Crippen molar-refractivity contribution in [2.75, 3.05) is 11.9 Å². The van der Waals surface area contributed by atoms with Crippen LogP contribution in [-0.4, -0.2) is 29.3 Å². The molecular formula is C19H21N3O2. The van der Waals surface area contributed by atoms with Gasteiger partial charge in [0.2, 0.25) is 11.8 Å². The number of carbonyl (C=O) groups excluding carboxylic acids is 2. The first-order valence-electron chi connectivity index (χ1n) is 8.08. The maximum atomic E-state index is 12.1. The minimum Gasteiger partial charge on any atom is -0.368 e. The maximum Gasteiger partial charge on any atom is 0.235 e. The van der Waals surface area contributed by atoms with Crippen LogP contribution in [0.3, 0.4) is 0 Å². The molecule has 0 fully saturated rings. The Morgan fingerprint density at radius 2 is 1.71 bits per heavy atom. The Hall–Kier alpha value is -2.66. The van der Waals surface area contributed by atoms with E-state index in [9.17, 15) is 9.59 Å². The molecule has 0 unspecified atom stereocenters. The van der Waals surface area contributed by atoms with Gasteiger partial charge in [-0.15, -0.1) is 0 Å². The van der Waals surface area contributed by atoms with Crippen molar-refractivity contribution in [1.29, 1.82) is 0 Å². The monoisotopic (exact) mass is 323 g/mol. The lowest BCUT2D eigenvalue weighted by molar-refractivity contribution is -0.125. The Labute approximate surface area is 141 Å². The smallest absolute Gasteiger partial charge is 0.235 e. The first kappa shape index (κ1) is 16.2. The number of anilines is 1. The van der Waals surface area contributed by atoms with E-state index in [4.69, 9.17) is 5.73 Å². The zero-order valence-corrected chi connectivity index (χ0v) is 13.4. The fourth-order valence-corrected chi connectivity index (χ4v) is 3.08. The number of carbonyl (C=O) groups is 2. The normalized spacial score (nSPS) is 17.1. The summed E-state index contributed by atoms with van der Waals surface area (Å²) in [6, 6.07) is 17.0. The number of nitrogens with zero attached hydrogens (tertiary/aromatic N) is 1. The third kappa shape index (κ3) is 3.81. The zero-order chi connectivity index (χ0) is 16.9. The Morgan fingerprint density at radius 1 is 1.04 bits per heavy atom. The molecule has 0 saturated carbocycles. The van der Waals surface area contributed by atoms with Gasteiger partial charge in [-0.1, -0.05) is 42.5 Å². The van der Waals surface area contributed by atoms with Crippen molar-refractivity contribution in [2.45, 2.75) is 25.4 Å². The third-order valence-corrected chi connectivity index (χ3v) is 4.36. The zero-order valence-electron chi connectivity index (χ0n) is 13.4. The van der Waals surface area contributed by atoms with Crippen LogP contribution in [0.1, 0.15) is 17.5 Å². The number of hydrogen-bond acceptors (Lipinski definition) is 3. The average molecular weight is 323 g/mol. The maximum absolute atomic E-state index is 12.1. The van der Waals surface area contributed by atoms with E-state index in [1.807, 2.05) is 53.4 Å². The molecule has 24 heavy (non-hydrogen) atoms. The molecule has 2 aromatic carbocycles. The number of rotatable bonds is 5. The lowest BCUT2D eigenvalue weighted by Crippen LogP contribution is -2.49. The first-order chi connectivity index (χ1) is 11.6. The molecular weight excluding hydrogens is 302 g/mol. The Kier molecular flexibility index (Phi) is 4.91. The summed E-state index contributed by atoms with van der Waals surface area (Å²) in [6.07, 6.45) is 0.923. The van der Waals surface area contributed by atoms with Gasteiger partial charge in [0.15, 0.2) is 0 Å². The molecule has 124 valence electrons. The molecule has 3 rings (SSSR count). The van der Waals surface area contributed by atoms with Gasteiger partial charge in [-0.05, 0) is 29.7 Å². The summed E-state index contributed by atoms with van der Waals surface area (Å²) in [6.45, 7) is 1.14. The average Bonchev–Trinajstić information content (AvgIpc) is 2.60. The van der Waals surface area contributed by atoms with Crippen molar-refractivity contribution in [3.05, 3.63) is 65.7 Å². The summed E-state index contributed by atoms with van der Waals surface area (Å²) < 4.78 is 0. The van der Waals surface area contributed by atoms with Crippen LogP contribution in [0.25, 0.3) is 0 Å². The van der Waals surface area contributed by atoms with Crippen molar-refractivity contribution in [1.82, 2.24) is 4.90 Å². The number of primary amides is 1. The van der Waals surface area contributed by atoms with Crippen molar-refractivity contribution >= 4 is 17.5 Å². The van der Waals surface area contributed by atoms with Gasteiger partial charge in [0.05, 0.1) is 6.04 Å². The van der Waals surface area contributed by atoms with Crippen molar-refractivity contribution in [3.8, 4) is 0 Å². The Morgan fingerprint density at radius 3 is 2.42 bits per heavy atom. The van der Waals surface area contributed by atoms with Gasteiger partial charge in [0.1, 0.15) is 0 Å². The number of nitrogens with two attached hydrogens (primary N) is 1. The third-order valence-electron chi connectivity index (χ3n) is 4.36. The van der Waals surface area contributed by atoms with Crippen molar-refractivity contribution in [3.63, 3.8) is 0 Å². The summed E-state index contributed by atoms with van der Waals surface area (Å²) in [5.41, 5.74) is 8.69. The van der Waals surface area contributed by atoms with E-state index in [1.165, 1.54) is 5.56 Å². The summed E-state index contributed by atoms with van der Waals surface area (Å²) in [7, 11) is 0. The van der Waals surface area contributed by atoms with Crippen LogP contribution in [0.5, 0.6) is 0 Å². The first-order valence-corrected chi connectivity index (χ1v) is 8.08. The number of amides is 2. The van der Waals surface area contributed by atoms with Crippen LogP contribution >= 0.6 is 0 Å². The molecule has 0 bridgehead atoms. The van der Waals surface area contributed by atoms with E-state index in [2.05, 4.69) is 11.4 Å². The van der Waals surface area contributed by atoms with Crippen LogP contribution < -0.4 is 11.1 Å². The highest BCUT2D eigenvalue weighted by atomic mass is 16.2. The van der Waals surface area contributed by atoms with E-state index in [1.54, 1.807) is 0 Å². The second kappa shape index (κ2) is 7.27. The summed E-state index contributed by atoms with van der Waals surface area (Å²) in [5, 5.41) is 2.86. The molecule has 1 aliphatic heterocycles. The Bertz CT molecular complexity index is 730. The van der Waals surface area contributed by atoms with Gasteiger partial charge in [-0.2, -0.15) is 0 Å². The SMILES string of the molecule is NC(=O)[C@@H]1Cc2ccccc2CN1CCC(=O)Nc1ccccc1. The summed E-state index contributed by atoms with van der Waals surface area (Å²) in [4.78, 5) is 25.9. The van der Waals surface area contributed by atoms with Crippen LogP contribution in [0.2, 0.25) is 0 Å². The summed E-state index contributed by atoms with van der Waals surface area (Å²) in [5.74, 6) is -0.406. The number of benzene rings is 2. The molecule has 0 radical (unpaired) electrons. The van der Waals surface area contributed by atoms with Crippen molar-refractivity contribution < 1.29 is 9.59 Å². The number of hydrogen-bond donors (Lipinski definition) is 2. The highest BCUT2D eigenvalue weighted by Gasteiger charge is 2.29. The number of fused-ring (bicyclic) bond motifs is 1. The minimum absolute atomic E-state index is 0.0664. The second-order valence-electron chi connectivity index (χ2n) is 6.03. The fourth-order valence-electron chi connectivity index (χ4n) is 3.08. The second-order valence-corrected chi connectivity index (χ2v) is 6.03. The molecule has 0 aliphatic carbocycles. The standard InChI is InChI=1S/C19H21N3O2/c20-19(24)17-12-14-6-4-5-7-15(14)13-22(17)11-10-18(23)21-16-8-2-1-3-9-16/h1-9,17H,10-13H2,(H2,20,24)(H,21,23)/t17-/m0/s1. The molecule has 0 saturated heterocycles. The Balaban J connectivity index is 1.63. The molecule has 1 heterocycles. The molecule has 1 atom stereocenters. The molecule has 0 spiro atoms. The van der Waals surface area contributed by atoms with Gasteiger partial charge in [0.25, 0.3) is 0 Å². The lowest BCUT2D eigenvalue weighted by Gasteiger charge is -2.34. The van der Waals surface area contributed by atoms with Gasteiger partial charge in [-0.3, -0.25) is 14.5 Å². The molecule has 5 nitrogen and oxygen atoms in total. The van der Waals surface area contributed by atoms with Crippen LogP contribution in [-0.2, 0) is 22.6 Å². The molecule has 0 aromatic heterocycles. The molecule has 1 aliphatic rings. The van der Waals surface area contributed by atoms with Gasteiger partial charge in [-0.25, -0.2) is 0 Å². The van der Waals surface area contributed by atoms with Crippen LogP contribution in [0, 0.1) is 0 Å². The van der Waals surface area contributed by atoms with E-state index < -0.39 is 0 Å². The van der Waals surface area contributed by atoms with Gasteiger partial charge >= 0.3 is 0 Å². The topological polar surface area (TPSA) is 75.4 Å². The highest BCUT2D eigenvalue weighted by molar-refractivity contribution is 5.90. The predicted molar refractivity (Wildman–Crippen MR) is 93.2 cm³/mol. The lowest BCUT2D eigenvalue weighted by atomic mass is 9.93. The molecule has 5 heteroatoms. The van der Waals surface area contributed by atoms with Crippen LogP contribution in [0.4, 0.5) is 5.69 Å². The van der Waals surface area contributed by atoms with Crippen molar-refractivity contribution in [2.24, 2.45) is 5.73 Å². The largest absolute Gasteiger partial charge is 0.368 e. The number of nitrogens with one attached hydrogen (secondary N) is 1. The minimum atomic E-state index is -0.357. The summed E-state index contributed by atoms with van der Waals surface area (Å²) >= 11 is 0. The van der Waals surface area contributed by atoms with E-state index in [0.29, 0.717) is 25.9 Å². The quantitative estimate of drug-likeness (QED) is 0.883. The van der Waals surface area contributed by atoms with Crippen LogP contribution in [0.15, 0.2) is 54.6 Å². The molecule has 2 aromatic rings. The molecule has 3 N–H and O–H groups in total. The molecule has 2 amide bonds. The highest BCUT2D eigenvalue weighted by Crippen LogP contribution is 2.23. The van der Waals surface area contributed by atoms with Gasteiger partial charge in [0, 0.05) is 25.2 Å². The fraction of sp³-hybridized carbons (Fsp3) is 0.263. The van der Waals surface area contributed by atoms with E-state index in [-0.39, 0.29) is 17.9 Å². The number of para-hydroxylation sites is 1. The predicted octanol–water partition coefficient (Wildman–Crippen LogP) is 1.93.